The van der Waals surface area contributed by atoms with E-state index in [9.17, 15) is 10.1 Å². The Morgan fingerprint density at radius 3 is 2.73 bits per heavy atom. The fourth-order valence-electron chi connectivity index (χ4n) is 1.16. The first-order chi connectivity index (χ1) is 7.04. The Kier molecular flexibility index (Phi) is 3.49. The zero-order chi connectivity index (χ0) is 11.4. The SMILES string of the molecule is CCC(C)Nc1ccc([N+](=O)[O-])cc1N. The molecule has 1 rings (SSSR count). The smallest absolute Gasteiger partial charge is 0.271 e. The van der Waals surface area contributed by atoms with Crippen LogP contribution in [-0.2, 0) is 0 Å². The van der Waals surface area contributed by atoms with Crippen LogP contribution in [0.1, 0.15) is 20.3 Å². The molecule has 0 bridgehead atoms. The maximum Gasteiger partial charge on any atom is 0.271 e. The maximum absolute atomic E-state index is 10.5. The summed E-state index contributed by atoms with van der Waals surface area (Å²) in [6.45, 7) is 4.08. The summed E-state index contributed by atoms with van der Waals surface area (Å²) in [6.07, 6.45) is 0.969. The van der Waals surface area contributed by atoms with Crippen molar-refractivity contribution in [2.45, 2.75) is 26.3 Å². The molecule has 0 aliphatic carbocycles. The number of non-ortho nitro benzene ring substituents is 1. The zero-order valence-corrected chi connectivity index (χ0v) is 8.86. The van der Waals surface area contributed by atoms with E-state index >= 15 is 0 Å². The van der Waals surface area contributed by atoms with Crippen molar-refractivity contribution in [1.82, 2.24) is 0 Å². The van der Waals surface area contributed by atoms with Crippen molar-refractivity contribution < 1.29 is 4.92 Å². The minimum atomic E-state index is -0.455. The van der Waals surface area contributed by atoms with Crippen LogP contribution in [0.4, 0.5) is 17.1 Å². The number of nitrogens with zero attached hydrogens (tertiary/aromatic N) is 1. The van der Waals surface area contributed by atoms with Gasteiger partial charge in [-0.05, 0) is 19.4 Å². The number of nitrogens with two attached hydrogens (primary N) is 1. The van der Waals surface area contributed by atoms with E-state index in [0.29, 0.717) is 11.7 Å². The van der Waals surface area contributed by atoms with Crippen LogP contribution in [0.5, 0.6) is 0 Å². The molecule has 15 heavy (non-hydrogen) atoms. The van der Waals surface area contributed by atoms with Crippen LogP contribution in [0.15, 0.2) is 18.2 Å². The minimum absolute atomic E-state index is 0.0159. The Morgan fingerprint density at radius 1 is 1.60 bits per heavy atom. The van der Waals surface area contributed by atoms with E-state index in [0.717, 1.165) is 12.1 Å². The second kappa shape index (κ2) is 4.63. The van der Waals surface area contributed by atoms with Crippen LogP contribution in [0.25, 0.3) is 0 Å². The Morgan fingerprint density at radius 2 is 2.27 bits per heavy atom. The van der Waals surface area contributed by atoms with Gasteiger partial charge in [-0.1, -0.05) is 6.92 Å². The van der Waals surface area contributed by atoms with E-state index in [2.05, 4.69) is 12.2 Å². The van der Waals surface area contributed by atoms with Gasteiger partial charge in [0.1, 0.15) is 0 Å². The normalized spacial score (nSPS) is 12.1. The molecule has 0 aliphatic heterocycles. The van der Waals surface area contributed by atoms with Gasteiger partial charge in [0, 0.05) is 18.2 Å². The maximum atomic E-state index is 10.5. The summed E-state index contributed by atoms with van der Waals surface area (Å²) in [4.78, 5) is 10.0. The van der Waals surface area contributed by atoms with E-state index in [1.807, 2.05) is 6.92 Å². The topological polar surface area (TPSA) is 81.2 Å². The van der Waals surface area contributed by atoms with Gasteiger partial charge >= 0.3 is 0 Å². The highest BCUT2D eigenvalue weighted by atomic mass is 16.6. The molecule has 0 saturated carbocycles. The summed E-state index contributed by atoms with van der Waals surface area (Å²) in [6, 6.07) is 4.75. The molecule has 5 heteroatoms. The van der Waals surface area contributed by atoms with Gasteiger partial charge in [0.25, 0.3) is 5.69 Å². The largest absolute Gasteiger partial charge is 0.397 e. The van der Waals surface area contributed by atoms with Crippen molar-refractivity contribution in [3.8, 4) is 0 Å². The molecule has 1 atom stereocenters. The molecule has 0 amide bonds. The van der Waals surface area contributed by atoms with Gasteiger partial charge < -0.3 is 11.1 Å². The van der Waals surface area contributed by atoms with Gasteiger partial charge in [-0.25, -0.2) is 0 Å². The van der Waals surface area contributed by atoms with Crippen LogP contribution in [0.2, 0.25) is 0 Å². The van der Waals surface area contributed by atoms with Gasteiger partial charge in [0.15, 0.2) is 0 Å². The predicted molar refractivity (Wildman–Crippen MR) is 60.9 cm³/mol. The van der Waals surface area contributed by atoms with Crippen molar-refractivity contribution >= 4 is 17.1 Å². The highest BCUT2D eigenvalue weighted by Gasteiger charge is 2.09. The summed E-state index contributed by atoms with van der Waals surface area (Å²) < 4.78 is 0. The second-order valence-electron chi connectivity index (χ2n) is 3.48. The van der Waals surface area contributed by atoms with Gasteiger partial charge in [-0.2, -0.15) is 0 Å². The summed E-state index contributed by atoms with van der Waals surface area (Å²) in [7, 11) is 0. The average molecular weight is 209 g/mol. The van der Waals surface area contributed by atoms with Gasteiger partial charge in [-0.15, -0.1) is 0 Å². The van der Waals surface area contributed by atoms with E-state index < -0.39 is 4.92 Å². The zero-order valence-electron chi connectivity index (χ0n) is 8.86. The van der Waals surface area contributed by atoms with Crippen molar-refractivity contribution in [3.63, 3.8) is 0 Å². The number of hydrogen-bond donors (Lipinski definition) is 2. The quantitative estimate of drug-likeness (QED) is 0.453. The fraction of sp³-hybridized carbons (Fsp3) is 0.400. The van der Waals surface area contributed by atoms with Crippen LogP contribution < -0.4 is 11.1 Å². The summed E-state index contributed by atoms with van der Waals surface area (Å²) in [5.41, 5.74) is 6.86. The molecular formula is C10H15N3O2. The minimum Gasteiger partial charge on any atom is -0.397 e. The Hall–Kier alpha value is -1.78. The highest BCUT2D eigenvalue weighted by molar-refractivity contribution is 5.69. The molecular weight excluding hydrogens is 194 g/mol. The molecule has 1 aromatic carbocycles. The lowest BCUT2D eigenvalue weighted by molar-refractivity contribution is -0.384. The van der Waals surface area contributed by atoms with Gasteiger partial charge in [0.05, 0.1) is 16.3 Å². The van der Waals surface area contributed by atoms with Crippen LogP contribution >= 0.6 is 0 Å². The lowest BCUT2D eigenvalue weighted by atomic mass is 10.2. The van der Waals surface area contributed by atoms with Crippen LogP contribution in [-0.4, -0.2) is 11.0 Å². The third-order valence-electron chi connectivity index (χ3n) is 2.26. The number of nitrogen functional groups attached to an aromatic ring is 1. The Labute approximate surface area is 88.4 Å². The summed E-state index contributed by atoms with van der Waals surface area (Å²) in [5, 5.41) is 13.7. The van der Waals surface area contributed by atoms with Crippen LogP contribution in [0.3, 0.4) is 0 Å². The van der Waals surface area contributed by atoms with Crippen molar-refractivity contribution in [3.05, 3.63) is 28.3 Å². The Balaban J connectivity index is 2.88. The highest BCUT2D eigenvalue weighted by Crippen LogP contribution is 2.24. The standard InChI is InChI=1S/C10H15N3O2/c1-3-7(2)12-10-5-4-8(13(14)15)6-9(10)11/h4-7,12H,3,11H2,1-2H3. The van der Waals surface area contributed by atoms with Crippen LogP contribution in [0, 0.1) is 10.1 Å². The number of hydrogen-bond acceptors (Lipinski definition) is 4. The number of nitro benzene ring substituents is 1. The average Bonchev–Trinajstić information content (AvgIpc) is 2.20. The molecule has 5 nitrogen and oxygen atoms in total. The van der Waals surface area contributed by atoms with E-state index in [-0.39, 0.29) is 5.69 Å². The summed E-state index contributed by atoms with van der Waals surface area (Å²) >= 11 is 0. The van der Waals surface area contributed by atoms with E-state index in [4.69, 9.17) is 5.73 Å². The summed E-state index contributed by atoms with van der Waals surface area (Å²) in [5.74, 6) is 0. The molecule has 0 radical (unpaired) electrons. The molecule has 0 aromatic heterocycles. The van der Waals surface area contributed by atoms with Crippen molar-refractivity contribution in [2.24, 2.45) is 0 Å². The fourth-order valence-corrected chi connectivity index (χ4v) is 1.16. The Bertz CT molecular complexity index is 366. The molecule has 0 aliphatic rings. The monoisotopic (exact) mass is 209 g/mol. The molecule has 0 heterocycles. The van der Waals surface area contributed by atoms with Gasteiger partial charge in [0.2, 0.25) is 0 Å². The van der Waals surface area contributed by atoms with Crippen molar-refractivity contribution in [2.75, 3.05) is 11.1 Å². The number of rotatable bonds is 4. The number of anilines is 2. The third kappa shape index (κ3) is 2.83. The molecule has 0 saturated heterocycles. The second-order valence-corrected chi connectivity index (χ2v) is 3.48. The molecule has 82 valence electrons. The lowest BCUT2D eigenvalue weighted by Crippen LogP contribution is -2.14. The molecule has 0 fully saturated rings. The van der Waals surface area contributed by atoms with E-state index in [1.54, 1.807) is 6.07 Å². The van der Waals surface area contributed by atoms with Gasteiger partial charge in [-0.3, -0.25) is 10.1 Å². The van der Waals surface area contributed by atoms with Crippen molar-refractivity contribution in [1.29, 1.82) is 0 Å². The first-order valence-electron chi connectivity index (χ1n) is 4.85. The first kappa shape index (κ1) is 11.3. The molecule has 1 unspecified atom stereocenters. The number of benzene rings is 1. The lowest BCUT2D eigenvalue weighted by Gasteiger charge is -2.14. The number of nitrogens with one attached hydrogen (secondary N) is 1. The molecule has 0 spiro atoms. The third-order valence-corrected chi connectivity index (χ3v) is 2.26. The molecule has 1 aromatic rings. The first-order valence-corrected chi connectivity index (χ1v) is 4.85. The molecule has 3 N–H and O–H groups in total. The predicted octanol–water partition coefficient (Wildman–Crippen LogP) is 2.39. The number of nitro groups is 1. The van der Waals surface area contributed by atoms with E-state index in [1.165, 1.54) is 12.1 Å².